The second-order valence-corrected chi connectivity index (χ2v) is 3.56. The molecular weight excluding hydrogens is 265 g/mol. The molecule has 0 N–H and O–H groups in total. The number of pyridine rings is 1. The lowest BCUT2D eigenvalue weighted by Gasteiger charge is -1.97. The van der Waals surface area contributed by atoms with Gasteiger partial charge in [-0.05, 0) is 17.5 Å². The Bertz CT molecular complexity index is 475. The van der Waals surface area contributed by atoms with Crippen LogP contribution in [0.25, 0.3) is 10.8 Å². The second-order valence-electron chi connectivity index (χ2n) is 2.52. The van der Waals surface area contributed by atoms with Crippen molar-refractivity contribution in [1.29, 1.82) is 0 Å². The first-order valence-corrected chi connectivity index (χ1v) is 4.52. The molecule has 0 amide bonds. The Morgan fingerprint density at radius 1 is 1.17 bits per heavy atom. The SMILES string of the molecule is O=c1c2ccccc2ccn1I. The third kappa shape index (κ3) is 1.14. The van der Waals surface area contributed by atoms with E-state index in [0.717, 1.165) is 10.8 Å². The monoisotopic (exact) mass is 271 g/mol. The maximum absolute atomic E-state index is 11.5. The molecule has 2 rings (SSSR count). The lowest BCUT2D eigenvalue weighted by atomic mass is 10.2. The smallest absolute Gasteiger partial charge is 0.267 e. The van der Waals surface area contributed by atoms with Crippen LogP contribution in [0.5, 0.6) is 0 Å². The van der Waals surface area contributed by atoms with E-state index in [-0.39, 0.29) is 5.56 Å². The molecule has 1 heterocycles. The molecule has 12 heavy (non-hydrogen) atoms. The van der Waals surface area contributed by atoms with Gasteiger partial charge in [-0.1, -0.05) is 18.2 Å². The van der Waals surface area contributed by atoms with Crippen molar-refractivity contribution < 1.29 is 0 Å². The molecule has 0 bridgehead atoms. The van der Waals surface area contributed by atoms with Crippen LogP contribution in [0, 0.1) is 0 Å². The van der Waals surface area contributed by atoms with Crippen molar-refractivity contribution in [3.05, 3.63) is 46.9 Å². The molecule has 2 aromatic rings. The lowest BCUT2D eigenvalue weighted by molar-refractivity contribution is 1.23. The summed E-state index contributed by atoms with van der Waals surface area (Å²) >= 11 is 1.98. The molecule has 0 saturated carbocycles. The summed E-state index contributed by atoms with van der Waals surface area (Å²) in [5, 5.41) is 1.77. The summed E-state index contributed by atoms with van der Waals surface area (Å²) in [7, 11) is 0. The number of rotatable bonds is 0. The summed E-state index contributed by atoms with van der Waals surface area (Å²) in [6.07, 6.45) is 1.77. The molecule has 0 saturated heterocycles. The zero-order valence-corrected chi connectivity index (χ0v) is 8.36. The summed E-state index contributed by atoms with van der Waals surface area (Å²) < 4.78 is 1.56. The van der Waals surface area contributed by atoms with Crippen molar-refractivity contribution in [2.24, 2.45) is 0 Å². The fourth-order valence-corrected chi connectivity index (χ4v) is 1.59. The summed E-state index contributed by atoms with van der Waals surface area (Å²) in [5.41, 5.74) is 0.0497. The first-order chi connectivity index (χ1) is 5.79. The van der Waals surface area contributed by atoms with Crippen LogP contribution in [-0.2, 0) is 0 Å². The Kier molecular flexibility index (Phi) is 1.88. The molecule has 1 aromatic heterocycles. The van der Waals surface area contributed by atoms with Crippen LogP contribution < -0.4 is 5.56 Å². The van der Waals surface area contributed by atoms with Gasteiger partial charge >= 0.3 is 0 Å². The maximum Gasteiger partial charge on any atom is 0.267 e. The van der Waals surface area contributed by atoms with Gasteiger partial charge in [0.05, 0.1) is 22.9 Å². The van der Waals surface area contributed by atoms with Gasteiger partial charge in [-0.2, -0.15) is 0 Å². The van der Waals surface area contributed by atoms with Crippen molar-refractivity contribution in [1.82, 2.24) is 2.78 Å². The number of fused-ring (bicyclic) bond motifs is 1. The predicted octanol–water partition coefficient (Wildman–Crippen LogP) is 2.20. The summed E-state index contributed by atoms with van der Waals surface area (Å²) in [6, 6.07) is 9.52. The molecule has 0 spiro atoms. The van der Waals surface area contributed by atoms with Crippen molar-refractivity contribution in [3.8, 4) is 0 Å². The van der Waals surface area contributed by atoms with Crippen LogP contribution >= 0.6 is 22.9 Å². The average molecular weight is 271 g/mol. The van der Waals surface area contributed by atoms with Gasteiger partial charge in [-0.3, -0.25) is 7.58 Å². The van der Waals surface area contributed by atoms with Crippen LogP contribution in [0.3, 0.4) is 0 Å². The summed E-state index contributed by atoms with van der Waals surface area (Å²) in [6.45, 7) is 0. The van der Waals surface area contributed by atoms with Gasteiger partial charge in [-0.25, -0.2) is 0 Å². The van der Waals surface area contributed by atoms with E-state index in [2.05, 4.69) is 0 Å². The van der Waals surface area contributed by atoms with E-state index < -0.39 is 0 Å². The van der Waals surface area contributed by atoms with E-state index in [0.29, 0.717) is 0 Å². The van der Waals surface area contributed by atoms with E-state index >= 15 is 0 Å². The zero-order valence-electron chi connectivity index (χ0n) is 6.20. The van der Waals surface area contributed by atoms with Crippen molar-refractivity contribution in [2.45, 2.75) is 0 Å². The normalized spacial score (nSPS) is 10.4. The zero-order chi connectivity index (χ0) is 8.55. The maximum atomic E-state index is 11.5. The molecule has 60 valence electrons. The van der Waals surface area contributed by atoms with E-state index in [9.17, 15) is 4.79 Å². The Labute approximate surface area is 83.3 Å². The second kappa shape index (κ2) is 2.90. The molecule has 2 nitrogen and oxygen atoms in total. The number of halogens is 1. The Balaban J connectivity index is 3.01. The molecule has 0 fully saturated rings. The first kappa shape index (κ1) is 7.79. The van der Waals surface area contributed by atoms with Crippen molar-refractivity contribution in [2.75, 3.05) is 0 Å². The predicted molar refractivity (Wildman–Crippen MR) is 57.6 cm³/mol. The molecule has 0 radical (unpaired) electrons. The highest BCUT2D eigenvalue weighted by molar-refractivity contribution is 14.1. The fraction of sp³-hybridized carbons (Fsp3) is 0. The van der Waals surface area contributed by atoms with E-state index in [1.165, 1.54) is 0 Å². The fourth-order valence-electron chi connectivity index (χ4n) is 1.17. The van der Waals surface area contributed by atoms with Crippen LogP contribution in [0.4, 0.5) is 0 Å². The summed E-state index contributed by atoms with van der Waals surface area (Å²) in [4.78, 5) is 11.5. The first-order valence-electron chi connectivity index (χ1n) is 3.55. The molecule has 0 aliphatic carbocycles. The van der Waals surface area contributed by atoms with Gasteiger partial charge in [-0.15, -0.1) is 0 Å². The van der Waals surface area contributed by atoms with E-state index in [4.69, 9.17) is 0 Å². The molecule has 0 atom stereocenters. The van der Waals surface area contributed by atoms with Crippen LogP contribution in [0.15, 0.2) is 41.3 Å². The molecule has 0 aliphatic rings. The highest BCUT2D eigenvalue weighted by Crippen LogP contribution is 2.08. The topological polar surface area (TPSA) is 22.0 Å². The van der Waals surface area contributed by atoms with Gasteiger partial charge in [0.1, 0.15) is 0 Å². The highest BCUT2D eigenvalue weighted by Gasteiger charge is 1.97. The Hall–Kier alpha value is -0.840. The molecular formula is C9H6INO. The average Bonchev–Trinajstić information content (AvgIpc) is 2.12. The van der Waals surface area contributed by atoms with Crippen molar-refractivity contribution >= 4 is 33.6 Å². The minimum atomic E-state index is 0.0497. The minimum absolute atomic E-state index is 0.0497. The van der Waals surface area contributed by atoms with E-state index in [1.54, 1.807) is 8.98 Å². The molecule has 0 unspecified atom stereocenters. The Morgan fingerprint density at radius 3 is 2.75 bits per heavy atom. The number of hydrogen-bond donors (Lipinski definition) is 0. The van der Waals surface area contributed by atoms with Crippen LogP contribution in [-0.4, -0.2) is 2.78 Å². The minimum Gasteiger partial charge on any atom is -0.268 e. The number of nitrogens with zero attached hydrogens (tertiary/aromatic N) is 1. The van der Waals surface area contributed by atoms with Gasteiger partial charge in [0.25, 0.3) is 5.56 Å². The van der Waals surface area contributed by atoms with Gasteiger partial charge < -0.3 is 0 Å². The lowest BCUT2D eigenvalue weighted by Crippen LogP contribution is -2.10. The number of benzene rings is 1. The summed E-state index contributed by atoms with van der Waals surface area (Å²) in [5.74, 6) is 0. The van der Waals surface area contributed by atoms with Gasteiger partial charge in [0.2, 0.25) is 0 Å². The number of hydrogen-bond acceptors (Lipinski definition) is 1. The van der Waals surface area contributed by atoms with Crippen LogP contribution in [0.2, 0.25) is 0 Å². The molecule has 0 aliphatic heterocycles. The van der Waals surface area contributed by atoms with Gasteiger partial charge in [0.15, 0.2) is 0 Å². The highest BCUT2D eigenvalue weighted by atomic mass is 127. The molecule has 1 aromatic carbocycles. The quantitative estimate of drug-likeness (QED) is 0.673. The molecule has 3 heteroatoms. The van der Waals surface area contributed by atoms with Gasteiger partial charge in [0, 0.05) is 11.6 Å². The Morgan fingerprint density at radius 2 is 1.92 bits per heavy atom. The third-order valence-corrected chi connectivity index (χ3v) is 2.53. The standard InChI is InChI=1S/C9H6INO/c10-11-6-5-7-3-1-2-4-8(7)9(11)12/h1-6H. The number of aromatic nitrogens is 1. The van der Waals surface area contributed by atoms with Crippen LogP contribution in [0.1, 0.15) is 0 Å². The van der Waals surface area contributed by atoms with Crippen molar-refractivity contribution in [3.63, 3.8) is 0 Å². The third-order valence-electron chi connectivity index (χ3n) is 1.77. The largest absolute Gasteiger partial charge is 0.268 e. The van der Waals surface area contributed by atoms with E-state index in [1.807, 2.05) is 53.2 Å².